The van der Waals surface area contributed by atoms with E-state index in [4.69, 9.17) is 23.2 Å². The molecule has 0 bridgehead atoms. The van der Waals surface area contributed by atoms with Gasteiger partial charge < -0.3 is 4.90 Å². The molecule has 0 aromatic heterocycles. The lowest BCUT2D eigenvalue weighted by Gasteiger charge is -2.30. The van der Waals surface area contributed by atoms with Crippen LogP contribution in [0.3, 0.4) is 0 Å². The number of amides is 1. The molecule has 0 saturated carbocycles. The molecule has 1 amide bonds. The molecule has 0 spiro atoms. The lowest BCUT2D eigenvalue weighted by Crippen LogP contribution is -2.36. The van der Waals surface area contributed by atoms with E-state index in [-0.39, 0.29) is 17.2 Å². The van der Waals surface area contributed by atoms with Gasteiger partial charge in [0.05, 0.1) is 21.4 Å². The summed E-state index contributed by atoms with van der Waals surface area (Å²) in [5.74, 6) is -0.0578. The number of nitrogens with zero attached hydrogens (tertiary/aromatic N) is 2. The Morgan fingerprint density at radius 1 is 1.11 bits per heavy atom. The van der Waals surface area contributed by atoms with Gasteiger partial charge in [0.2, 0.25) is 15.9 Å². The Bertz CT molecular complexity index is 990. The molecule has 0 atom stereocenters. The Balaban J connectivity index is 1.87. The number of halogens is 2. The van der Waals surface area contributed by atoms with Gasteiger partial charge in [0.15, 0.2) is 0 Å². The first kappa shape index (κ1) is 20.1. The highest BCUT2D eigenvalue weighted by molar-refractivity contribution is 7.89. The zero-order valence-corrected chi connectivity index (χ0v) is 17.4. The van der Waals surface area contributed by atoms with Crippen LogP contribution in [0.15, 0.2) is 41.3 Å². The van der Waals surface area contributed by atoms with Gasteiger partial charge in [-0.1, -0.05) is 29.3 Å². The van der Waals surface area contributed by atoms with Crippen LogP contribution in [-0.4, -0.2) is 39.3 Å². The molecular formula is C19H20Cl2N2O3S. The van der Waals surface area contributed by atoms with Gasteiger partial charge in [-0.15, -0.1) is 0 Å². The maximum Gasteiger partial charge on any atom is 0.242 e. The number of benzene rings is 2. The number of carbonyl (C=O) groups excluding carboxylic acids is 1. The van der Waals surface area contributed by atoms with Crippen molar-refractivity contribution in [2.45, 2.75) is 24.2 Å². The molecule has 0 unspecified atom stereocenters. The van der Waals surface area contributed by atoms with Crippen molar-refractivity contribution >= 4 is 44.8 Å². The van der Waals surface area contributed by atoms with Gasteiger partial charge in [-0.05, 0) is 54.3 Å². The summed E-state index contributed by atoms with van der Waals surface area (Å²) < 4.78 is 25.9. The van der Waals surface area contributed by atoms with Crippen LogP contribution in [0.5, 0.6) is 0 Å². The van der Waals surface area contributed by atoms with Crippen LogP contribution in [0.2, 0.25) is 10.0 Å². The van der Waals surface area contributed by atoms with E-state index in [9.17, 15) is 13.2 Å². The molecule has 1 aliphatic heterocycles. The smallest absolute Gasteiger partial charge is 0.242 e. The highest BCUT2D eigenvalue weighted by Gasteiger charge is 2.25. The first-order chi connectivity index (χ1) is 12.7. The van der Waals surface area contributed by atoms with E-state index in [0.29, 0.717) is 16.6 Å². The quantitative estimate of drug-likeness (QED) is 0.747. The summed E-state index contributed by atoms with van der Waals surface area (Å²) in [5, 5.41) is 0.866. The van der Waals surface area contributed by atoms with Crippen LogP contribution in [0.25, 0.3) is 0 Å². The molecule has 0 saturated heterocycles. The van der Waals surface area contributed by atoms with Gasteiger partial charge in [-0.2, -0.15) is 0 Å². The molecule has 144 valence electrons. The van der Waals surface area contributed by atoms with Crippen LogP contribution in [-0.2, 0) is 27.7 Å². The average molecular weight is 427 g/mol. The second kappa shape index (κ2) is 7.80. The molecule has 2 aromatic rings. The minimum Gasteiger partial charge on any atom is -0.312 e. The summed E-state index contributed by atoms with van der Waals surface area (Å²) in [6.07, 6.45) is 1.72. The molecule has 5 nitrogen and oxygen atoms in total. The van der Waals surface area contributed by atoms with E-state index < -0.39 is 10.0 Å². The van der Waals surface area contributed by atoms with Gasteiger partial charge in [-0.25, -0.2) is 12.7 Å². The van der Waals surface area contributed by atoms with Gasteiger partial charge >= 0.3 is 0 Å². The molecule has 27 heavy (non-hydrogen) atoms. The van der Waals surface area contributed by atoms with Gasteiger partial charge in [0, 0.05) is 26.3 Å². The van der Waals surface area contributed by atoms with Crippen molar-refractivity contribution in [2.75, 3.05) is 25.5 Å². The van der Waals surface area contributed by atoms with Gasteiger partial charge in [0.1, 0.15) is 0 Å². The monoisotopic (exact) mass is 426 g/mol. The van der Waals surface area contributed by atoms with Crippen LogP contribution in [0, 0.1) is 0 Å². The molecule has 0 N–H and O–H groups in total. The number of rotatable bonds is 4. The summed E-state index contributed by atoms with van der Waals surface area (Å²) in [6.45, 7) is 0.604. The van der Waals surface area contributed by atoms with Crippen molar-refractivity contribution in [3.05, 3.63) is 57.6 Å². The second-order valence-corrected chi connectivity index (χ2v) is 9.62. The minimum atomic E-state index is -3.50. The predicted molar refractivity (Wildman–Crippen MR) is 108 cm³/mol. The molecule has 1 heterocycles. The molecule has 0 fully saturated rings. The van der Waals surface area contributed by atoms with Crippen molar-refractivity contribution in [2.24, 2.45) is 0 Å². The predicted octanol–water partition coefficient (Wildman–Crippen LogP) is 3.77. The largest absolute Gasteiger partial charge is 0.312 e. The van der Waals surface area contributed by atoms with Crippen molar-refractivity contribution in [3.8, 4) is 0 Å². The number of hydrogen-bond donors (Lipinski definition) is 0. The molecule has 2 aromatic carbocycles. The number of anilines is 1. The van der Waals surface area contributed by atoms with E-state index in [1.54, 1.807) is 41.3 Å². The van der Waals surface area contributed by atoms with E-state index in [0.717, 1.165) is 29.7 Å². The topological polar surface area (TPSA) is 57.7 Å². The fourth-order valence-corrected chi connectivity index (χ4v) is 4.40. The van der Waals surface area contributed by atoms with E-state index in [1.165, 1.54) is 18.4 Å². The molecule has 0 radical (unpaired) electrons. The summed E-state index contributed by atoms with van der Waals surface area (Å²) in [5.41, 5.74) is 2.42. The van der Waals surface area contributed by atoms with E-state index >= 15 is 0 Å². The third-order valence-corrected chi connectivity index (χ3v) is 7.14. The Morgan fingerprint density at radius 3 is 2.52 bits per heavy atom. The maximum absolute atomic E-state index is 12.8. The van der Waals surface area contributed by atoms with Crippen LogP contribution >= 0.6 is 23.2 Å². The van der Waals surface area contributed by atoms with E-state index in [2.05, 4.69) is 0 Å². The van der Waals surface area contributed by atoms with E-state index in [1.807, 2.05) is 0 Å². The molecular weight excluding hydrogens is 407 g/mol. The van der Waals surface area contributed by atoms with Crippen LogP contribution < -0.4 is 4.90 Å². The Morgan fingerprint density at radius 2 is 1.85 bits per heavy atom. The molecule has 3 rings (SSSR count). The van der Waals surface area contributed by atoms with Crippen molar-refractivity contribution in [1.82, 2.24) is 4.31 Å². The number of hydrogen-bond acceptors (Lipinski definition) is 3. The summed E-state index contributed by atoms with van der Waals surface area (Å²) >= 11 is 12.0. The molecule has 1 aliphatic rings. The lowest BCUT2D eigenvalue weighted by molar-refractivity contribution is -0.118. The fourth-order valence-electron chi connectivity index (χ4n) is 3.12. The number of sulfonamides is 1. The first-order valence-corrected chi connectivity index (χ1v) is 10.7. The number of carbonyl (C=O) groups is 1. The zero-order chi connectivity index (χ0) is 19.8. The summed E-state index contributed by atoms with van der Waals surface area (Å²) in [7, 11) is -0.499. The highest BCUT2D eigenvalue weighted by Crippen LogP contribution is 2.31. The first-order valence-electron chi connectivity index (χ1n) is 8.50. The molecule has 8 heteroatoms. The fraction of sp³-hybridized carbons (Fsp3) is 0.316. The lowest BCUT2D eigenvalue weighted by atomic mass is 10.0. The SMILES string of the molecule is CN(C)S(=O)(=O)c1ccc2c(c1)CCCN2C(=O)Cc1ccc(Cl)c(Cl)c1. The second-order valence-electron chi connectivity index (χ2n) is 6.65. The highest BCUT2D eigenvalue weighted by atomic mass is 35.5. The van der Waals surface area contributed by atoms with Crippen molar-refractivity contribution in [1.29, 1.82) is 0 Å². The van der Waals surface area contributed by atoms with Crippen LogP contribution in [0.1, 0.15) is 17.5 Å². The Kier molecular flexibility index (Phi) is 5.82. The number of fused-ring (bicyclic) bond motifs is 1. The molecule has 0 aliphatic carbocycles. The minimum absolute atomic E-state index is 0.0578. The Hall–Kier alpha value is -1.60. The van der Waals surface area contributed by atoms with Gasteiger partial charge in [-0.3, -0.25) is 4.79 Å². The summed E-state index contributed by atoms with van der Waals surface area (Å²) in [6, 6.07) is 10.1. The number of aryl methyl sites for hydroxylation is 1. The maximum atomic E-state index is 12.8. The third-order valence-electron chi connectivity index (χ3n) is 4.59. The van der Waals surface area contributed by atoms with Crippen molar-refractivity contribution in [3.63, 3.8) is 0 Å². The average Bonchev–Trinajstić information content (AvgIpc) is 2.63. The zero-order valence-electron chi connectivity index (χ0n) is 15.1. The van der Waals surface area contributed by atoms with Gasteiger partial charge in [0.25, 0.3) is 0 Å². The standard InChI is InChI=1S/C19H20Cl2N2O3S/c1-22(2)27(25,26)15-6-8-18-14(12-15)4-3-9-23(18)19(24)11-13-5-7-16(20)17(21)10-13/h5-8,10,12H,3-4,9,11H2,1-2H3. The van der Waals surface area contributed by atoms with Crippen molar-refractivity contribution < 1.29 is 13.2 Å². The summed E-state index contributed by atoms with van der Waals surface area (Å²) in [4.78, 5) is 14.8. The normalized spacial score (nSPS) is 14.3. The van der Waals surface area contributed by atoms with Crippen LogP contribution in [0.4, 0.5) is 5.69 Å². The Labute approximate surface area is 169 Å². The third kappa shape index (κ3) is 4.14.